The molecule has 2 fully saturated rings. The molecule has 5 heteroatoms. The van der Waals surface area contributed by atoms with Gasteiger partial charge in [-0.1, -0.05) is 25.8 Å². The molecule has 2 aliphatic carbocycles. The third kappa shape index (κ3) is 3.54. The van der Waals surface area contributed by atoms with Crippen molar-refractivity contribution in [3.63, 3.8) is 0 Å². The molecule has 1 aromatic carbocycles. The van der Waals surface area contributed by atoms with Crippen molar-refractivity contribution in [3.8, 4) is 5.75 Å². The molecule has 0 amide bonds. The van der Waals surface area contributed by atoms with Gasteiger partial charge in [-0.2, -0.15) is 0 Å². The molecule has 1 aliphatic heterocycles. The minimum absolute atomic E-state index is 0.116. The molecular formula is C22H31NO4. The Morgan fingerprint density at radius 3 is 3.07 bits per heavy atom. The normalized spacial score (nSPS) is 29.9. The standard InChI is InChI=1S/C22H31NO4/c1-3-15(2)27-21(24)26-14-25-17-8-7-16-12-20-18-6-4-5-9-22(18,10-11-23-20)19(16)13-17/h7-8,13,15,18,20,23H,3-6,9-12,14H2,1-2H3/t15?,18-,20+,22+/m1/s1. The number of fused-ring (bicyclic) bond motifs is 1. The van der Waals surface area contributed by atoms with Gasteiger partial charge in [0.25, 0.3) is 0 Å². The Hall–Kier alpha value is -1.75. The summed E-state index contributed by atoms with van der Waals surface area (Å²) in [7, 11) is 0. The summed E-state index contributed by atoms with van der Waals surface area (Å²) in [6, 6.07) is 7.03. The quantitative estimate of drug-likeness (QED) is 0.615. The van der Waals surface area contributed by atoms with E-state index in [1.807, 2.05) is 19.9 Å². The van der Waals surface area contributed by atoms with E-state index in [1.165, 1.54) is 43.2 Å². The van der Waals surface area contributed by atoms with Gasteiger partial charge in [0.05, 0.1) is 0 Å². The molecule has 1 saturated carbocycles. The number of carbonyl (C=O) groups excluding carboxylic acids is 1. The molecule has 3 aliphatic rings. The molecule has 27 heavy (non-hydrogen) atoms. The summed E-state index contributed by atoms with van der Waals surface area (Å²) in [6.45, 7) is 4.80. The Labute approximate surface area is 161 Å². The fraction of sp³-hybridized carbons (Fsp3) is 0.682. The zero-order chi connectivity index (χ0) is 18.9. The SMILES string of the molecule is CCC(C)OC(=O)OCOc1ccc2c(c1)[C@]13CCCC[C@@H]1[C@H](C2)NCC3. The summed E-state index contributed by atoms with van der Waals surface area (Å²) in [6.07, 6.45) is 7.55. The van der Waals surface area contributed by atoms with Crippen LogP contribution in [0.4, 0.5) is 4.79 Å². The lowest BCUT2D eigenvalue weighted by Gasteiger charge is -2.56. The molecule has 1 saturated heterocycles. The number of rotatable bonds is 5. The molecular weight excluding hydrogens is 342 g/mol. The van der Waals surface area contributed by atoms with Crippen molar-refractivity contribution in [2.45, 2.75) is 76.4 Å². The Kier molecular flexibility index (Phi) is 5.31. The summed E-state index contributed by atoms with van der Waals surface area (Å²) < 4.78 is 15.9. The average Bonchev–Trinajstić information content (AvgIpc) is 2.68. The van der Waals surface area contributed by atoms with E-state index in [0.717, 1.165) is 31.1 Å². The third-order valence-corrected chi connectivity index (χ3v) is 6.89. The molecule has 1 N–H and O–H groups in total. The van der Waals surface area contributed by atoms with Crippen molar-refractivity contribution in [1.29, 1.82) is 0 Å². The van der Waals surface area contributed by atoms with Gasteiger partial charge in [-0.05, 0) is 74.8 Å². The van der Waals surface area contributed by atoms with E-state index < -0.39 is 6.16 Å². The zero-order valence-electron chi connectivity index (χ0n) is 16.5. The van der Waals surface area contributed by atoms with Crippen LogP contribution in [0.3, 0.4) is 0 Å². The molecule has 0 radical (unpaired) electrons. The monoisotopic (exact) mass is 373 g/mol. The molecule has 5 nitrogen and oxygen atoms in total. The van der Waals surface area contributed by atoms with Gasteiger partial charge >= 0.3 is 6.16 Å². The van der Waals surface area contributed by atoms with Crippen LogP contribution in [0.5, 0.6) is 5.75 Å². The van der Waals surface area contributed by atoms with Gasteiger partial charge in [-0.15, -0.1) is 0 Å². The van der Waals surface area contributed by atoms with E-state index in [4.69, 9.17) is 14.2 Å². The summed E-state index contributed by atoms with van der Waals surface area (Å²) in [5.41, 5.74) is 3.23. The molecule has 4 rings (SSSR count). The van der Waals surface area contributed by atoms with E-state index in [-0.39, 0.29) is 12.9 Å². The minimum atomic E-state index is -0.672. The first kappa shape index (κ1) is 18.6. The number of carbonyl (C=O) groups is 1. The Morgan fingerprint density at radius 2 is 2.22 bits per heavy atom. The molecule has 1 aromatic rings. The number of hydrogen-bond donors (Lipinski definition) is 1. The van der Waals surface area contributed by atoms with Gasteiger partial charge in [0, 0.05) is 11.5 Å². The van der Waals surface area contributed by atoms with Gasteiger partial charge in [0.15, 0.2) is 0 Å². The molecule has 1 heterocycles. The fourth-order valence-electron chi connectivity index (χ4n) is 5.42. The predicted molar refractivity (Wildman–Crippen MR) is 103 cm³/mol. The van der Waals surface area contributed by atoms with Crippen LogP contribution in [0.2, 0.25) is 0 Å². The van der Waals surface area contributed by atoms with Crippen LogP contribution < -0.4 is 10.1 Å². The van der Waals surface area contributed by atoms with E-state index >= 15 is 0 Å². The fourth-order valence-corrected chi connectivity index (χ4v) is 5.42. The summed E-state index contributed by atoms with van der Waals surface area (Å²) in [5.74, 6) is 1.52. The predicted octanol–water partition coefficient (Wildman–Crippen LogP) is 4.32. The maximum absolute atomic E-state index is 11.6. The van der Waals surface area contributed by atoms with E-state index in [1.54, 1.807) is 0 Å². The van der Waals surface area contributed by atoms with Crippen LogP contribution in [0, 0.1) is 5.92 Å². The van der Waals surface area contributed by atoms with E-state index in [9.17, 15) is 4.79 Å². The van der Waals surface area contributed by atoms with Crippen LogP contribution >= 0.6 is 0 Å². The number of benzene rings is 1. The molecule has 0 spiro atoms. The van der Waals surface area contributed by atoms with Gasteiger partial charge in [0.2, 0.25) is 6.79 Å². The Balaban J connectivity index is 1.46. The first-order valence-electron chi connectivity index (χ1n) is 10.5. The molecule has 148 valence electrons. The largest absolute Gasteiger partial charge is 0.511 e. The molecule has 4 atom stereocenters. The Bertz CT molecular complexity index is 687. The van der Waals surface area contributed by atoms with Crippen molar-refractivity contribution >= 4 is 6.16 Å². The topological polar surface area (TPSA) is 56.8 Å². The van der Waals surface area contributed by atoms with Crippen LogP contribution in [-0.4, -0.2) is 31.6 Å². The maximum atomic E-state index is 11.6. The van der Waals surface area contributed by atoms with Crippen LogP contribution in [-0.2, 0) is 21.3 Å². The highest BCUT2D eigenvalue weighted by atomic mass is 16.8. The highest BCUT2D eigenvalue weighted by Gasteiger charge is 2.51. The van der Waals surface area contributed by atoms with Gasteiger partial charge in [0.1, 0.15) is 11.9 Å². The highest BCUT2D eigenvalue weighted by molar-refractivity contribution is 5.60. The molecule has 1 unspecified atom stereocenters. The third-order valence-electron chi connectivity index (χ3n) is 6.89. The first-order valence-corrected chi connectivity index (χ1v) is 10.5. The summed E-state index contributed by atoms with van der Waals surface area (Å²) in [5, 5.41) is 3.76. The van der Waals surface area contributed by atoms with Gasteiger partial charge < -0.3 is 19.5 Å². The number of hydrogen-bond acceptors (Lipinski definition) is 5. The highest BCUT2D eigenvalue weighted by Crippen LogP contribution is 2.54. The van der Waals surface area contributed by atoms with Gasteiger partial charge in [-0.25, -0.2) is 4.79 Å². The van der Waals surface area contributed by atoms with Crippen molar-refractivity contribution in [1.82, 2.24) is 5.32 Å². The van der Waals surface area contributed by atoms with Crippen molar-refractivity contribution in [2.75, 3.05) is 13.3 Å². The van der Waals surface area contributed by atoms with E-state index in [0.29, 0.717) is 11.5 Å². The van der Waals surface area contributed by atoms with Crippen molar-refractivity contribution in [3.05, 3.63) is 29.3 Å². The molecule has 0 aromatic heterocycles. The Morgan fingerprint density at radius 1 is 1.33 bits per heavy atom. The van der Waals surface area contributed by atoms with E-state index in [2.05, 4.69) is 17.4 Å². The van der Waals surface area contributed by atoms with Gasteiger partial charge in [-0.3, -0.25) is 0 Å². The second-order valence-electron chi connectivity index (χ2n) is 8.34. The number of nitrogens with one attached hydrogen (secondary N) is 1. The van der Waals surface area contributed by atoms with Crippen molar-refractivity contribution in [2.24, 2.45) is 5.92 Å². The second-order valence-corrected chi connectivity index (χ2v) is 8.34. The van der Waals surface area contributed by atoms with Crippen LogP contribution in [0.15, 0.2) is 18.2 Å². The van der Waals surface area contributed by atoms with Crippen molar-refractivity contribution < 1.29 is 19.0 Å². The van der Waals surface area contributed by atoms with Crippen LogP contribution in [0.25, 0.3) is 0 Å². The summed E-state index contributed by atoms with van der Waals surface area (Å²) >= 11 is 0. The van der Waals surface area contributed by atoms with Crippen LogP contribution in [0.1, 0.15) is 63.5 Å². The lowest BCUT2D eigenvalue weighted by Crippen LogP contribution is -2.59. The number of piperidine rings is 1. The second kappa shape index (κ2) is 7.70. The smallest absolute Gasteiger partial charge is 0.457 e. The zero-order valence-corrected chi connectivity index (χ0v) is 16.5. The average molecular weight is 373 g/mol. The summed E-state index contributed by atoms with van der Waals surface area (Å²) in [4.78, 5) is 11.6. The number of ether oxygens (including phenoxy) is 3. The maximum Gasteiger partial charge on any atom is 0.511 e. The lowest BCUT2D eigenvalue weighted by molar-refractivity contribution is -0.0123. The first-order chi connectivity index (χ1) is 13.1. The molecule has 2 bridgehead atoms. The lowest BCUT2D eigenvalue weighted by atomic mass is 9.53. The minimum Gasteiger partial charge on any atom is -0.457 e.